The minimum absolute atomic E-state index is 0.231. The Balaban J connectivity index is 2.02. The molecule has 2 aromatic carbocycles. The Bertz CT molecular complexity index is 954. The molecule has 2 aromatic rings. The van der Waals surface area contributed by atoms with Crippen LogP contribution in [-0.2, 0) is 14.3 Å². The third-order valence-electron chi connectivity index (χ3n) is 3.78. The van der Waals surface area contributed by atoms with Crippen molar-refractivity contribution in [3.05, 3.63) is 63.7 Å². The van der Waals surface area contributed by atoms with Crippen molar-refractivity contribution in [2.75, 3.05) is 19.0 Å². The molecule has 1 amide bonds. The maximum absolute atomic E-state index is 12.1. The average Bonchev–Trinajstić information content (AvgIpc) is 2.67. The lowest BCUT2D eigenvalue weighted by Crippen LogP contribution is -2.22. The topological polar surface area (TPSA) is 88.4 Å². The van der Waals surface area contributed by atoms with Gasteiger partial charge in [-0.2, -0.15) is 5.26 Å². The van der Waals surface area contributed by atoms with Gasteiger partial charge < -0.3 is 14.8 Å². The molecule has 2 rings (SSSR count). The summed E-state index contributed by atoms with van der Waals surface area (Å²) in [6, 6.07) is 12.2. The van der Waals surface area contributed by atoms with E-state index in [1.165, 1.54) is 13.2 Å². The van der Waals surface area contributed by atoms with Gasteiger partial charge in [-0.3, -0.25) is 4.79 Å². The summed E-state index contributed by atoms with van der Waals surface area (Å²) in [4.78, 5) is 24.2. The number of hydrogen-bond donors (Lipinski definition) is 1. The van der Waals surface area contributed by atoms with Crippen molar-refractivity contribution in [2.45, 2.75) is 13.8 Å². The van der Waals surface area contributed by atoms with Crippen LogP contribution in [0.5, 0.6) is 5.75 Å². The van der Waals surface area contributed by atoms with Gasteiger partial charge in [0.25, 0.3) is 5.91 Å². The van der Waals surface area contributed by atoms with Gasteiger partial charge in [0.2, 0.25) is 0 Å². The summed E-state index contributed by atoms with van der Waals surface area (Å²) in [6.07, 6.45) is 1.36. The molecule has 0 aromatic heterocycles. The summed E-state index contributed by atoms with van der Waals surface area (Å²) in [5, 5.41) is 12.2. The molecule has 7 heteroatoms. The van der Waals surface area contributed by atoms with Gasteiger partial charge in [0.1, 0.15) is 17.4 Å². The van der Waals surface area contributed by atoms with E-state index in [-0.39, 0.29) is 5.57 Å². The number of carbonyl (C=O) groups excluding carboxylic acids is 2. The molecule has 0 aliphatic carbocycles. The third-order valence-corrected chi connectivity index (χ3v) is 4.07. The second kappa shape index (κ2) is 9.58. The first-order chi connectivity index (χ1) is 13.3. The van der Waals surface area contributed by atoms with Crippen molar-refractivity contribution in [2.24, 2.45) is 0 Å². The Hall–Kier alpha value is -3.30. The predicted octanol–water partition coefficient (Wildman–Crippen LogP) is 4.05. The van der Waals surface area contributed by atoms with E-state index in [4.69, 9.17) is 21.1 Å². The number of aryl methyl sites for hydroxylation is 2. The molecule has 0 saturated carbocycles. The number of anilines is 1. The summed E-state index contributed by atoms with van der Waals surface area (Å²) in [5.41, 5.74) is 2.58. The zero-order chi connectivity index (χ0) is 20.7. The number of rotatable bonds is 6. The van der Waals surface area contributed by atoms with Crippen LogP contribution in [0.1, 0.15) is 16.7 Å². The van der Waals surface area contributed by atoms with E-state index in [0.29, 0.717) is 22.0 Å². The fourth-order valence-electron chi connectivity index (χ4n) is 2.49. The number of methoxy groups -OCH3 is 1. The van der Waals surface area contributed by atoms with Crippen molar-refractivity contribution in [3.8, 4) is 11.8 Å². The zero-order valence-corrected chi connectivity index (χ0v) is 16.5. The molecule has 0 unspecified atom stereocenters. The first kappa shape index (κ1) is 21.0. The minimum atomic E-state index is -0.896. The first-order valence-electron chi connectivity index (χ1n) is 8.33. The lowest BCUT2D eigenvalue weighted by Gasteiger charge is -2.11. The van der Waals surface area contributed by atoms with Gasteiger partial charge in [0, 0.05) is 0 Å². The highest BCUT2D eigenvalue weighted by Crippen LogP contribution is 2.27. The molecule has 0 aliphatic heterocycles. The van der Waals surface area contributed by atoms with E-state index in [0.717, 1.165) is 11.1 Å². The molecule has 0 radical (unpaired) electrons. The largest absolute Gasteiger partial charge is 0.497 e. The Morgan fingerprint density at radius 2 is 2.00 bits per heavy atom. The molecule has 0 fully saturated rings. The van der Waals surface area contributed by atoms with Gasteiger partial charge in [0.05, 0.1) is 17.8 Å². The number of nitrogens with one attached hydrogen (secondary N) is 1. The molecule has 0 aliphatic rings. The van der Waals surface area contributed by atoms with Crippen LogP contribution in [0, 0.1) is 25.2 Å². The van der Waals surface area contributed by atoms with Crippen LogP contribution >= 0.6 is 11.6 Å². The van der Waals surface area contributed by atoms with Crippen molar-refractivity contribution in [1.82, 2.24) is 0 Å². The smallest absolute Gasteiger partial charge is 0.349 e. The molecular weight excluding hydrogens is 380 g/mol. The fraction of sp³-hybridized carbons (Fsp3) is 0.190. The minimum Gasteiger partial charge on any atom is -0.497 e. The molecule has 28 heavy (non-hydrogen) atoms. The Morgan fingerprint density at radius 3 is 2.64 bits per heavy atom. The Morgan fingerprint density at radius 1 is 1.25 bits per heavy atom. The highest BCUT2D eigenvalue weighted by atomic mass is 35.5. The van der Waals surface area contributed by atoms with Crippen LogP contribution in [-0.4, -0.2) is 25.6 Å². The Kier molecular flexibility index (Phi) is 7.19. The molecule has 0 bridgehead atoms. The number of ether oxygens (including phenoxy) is 2. The monoisotopic (exact) mass is 398 g/mol. The van der Waals surface area contributed by atoms with Crippen molar-refractivity contribution < 1.29 is 19.1 Å². The van der Waals surface area contributed by atoms with Crippen LogP contribution in [0.25, 0.3) is 6.08 Å². The summed E-state index contributed by atoms with van der Waals surface area (Å²) < 4.78 is 10.0. The van der Waals surface area contributed by atoms with E-state index in [9.17, 15) is 14.9 Å². The molecular formula is C21H19ClN2O4. The molecule has 1 N–H and O–H groups in total. The van der Waals surface area contributed by atoms with Gasteiger partial charge in [-0.1, -0.05) is 29.8 Å². The van der Waals surface area contributed by atoms with Gasteiger partial charge in [-0.05, 0) is 54.8 Å². The van der Waals surface area contributed by atoms with Gasteiger partial charge in [0.15, 0.2) is 6.61 Å². The molecule has 144 valence electrons. The number of hydrogen-bond acceptors (Lipinski definition) is 5. The van der Waals surface area contributed by atoms with E-state index >= 15 is 0 Å². The lowest BCUT2D eigenvalue weighted by atomic mass is 10.1. The van der Waals surface area contributed by atoms with E-state index < -0.39 is 18.5 Å². The first-order valence-corrected chi connectivity index (χ1v) is 8.71. The van der Waals surface area contributed by atoms with Gasteiger partial charge >= 0.3 is 5.97 Å². The molecule has 6 nitrogen and oxygen atoms in total. The quantitative estimate of drug-likeness (QED) is 0.450. The van der Waals surface area contributed by atoms with Crippen LogP contribution in [0.15, 0.2) is 42.0 Å². The third kappa shape index (κ3) is 5.60. The number of esters is 1. The van der Waals surface area contributed by atoms with E-state index in [1.54, 1.807) is 36.4 Å². The zero-order valence-electron chi connectivity index (χ0n) is 15.7. The van der Waals surface area contributed by atoms with E-state index in [1.807, 2.05) is 19.9 Å². The Labute approximate surface area is 168 Å². The average molecular weight is 399 g/mol. The maximum atomic E-state index is 12.1. The molecule has 0 heterocycles. The van der Waals surface area contributed by atoms with Crippen LogP contribution in [0.3, 0.4) is 0 Å². The standard InChI is InChI=1S/C21H19ClN2O4/c1-13-7-14(2)20(18(22)8-13)24-19(25)12-28-21(26)16(11-23)9-15-5-4-6-17(10-15)27-3/h4-10H,12H2,1-3H3,(H,24,25)/b16-9+. The molecule has 0 spiro atoms. The molecule has 0 saturated heterocycles. The highest BCUT2D eigenvalue weighted by molar-refractivity contribution is 6.34. The SMILES string of the molecule is COc1cccc(/C=C(\C#N)C(=O)OCC(=O)Nc2c(C)cc(C)cc2Cl)c1. The van der Waals surface area contributed by atoms with Crippen molar-refractivity contribution >= 4 is 35.2 Å². The van der Waals surface area contributed by atoms with Crippen LogP contribution in [0.2, 0.25) is 5.02 Å². The number of amides is 1. The predicted molar refractivity (Wildman–Crippen MR) is 107 cm³/mol. The van der Waals surface area contributed by atoms with Crippen LogP contribution < -0.4 is 10.1 Å². The number of carbonyl (C=O) groups is 2. The lowest BCUT2D eigenvalue weighted by molar-refractivity contribution is -0.142. The number of halogens is 1. The van der Waals surface area contributed by atoms with E-state index in [2.05, 4.69) is 5.32 Å². The summed E-state index contributed by atoms with van der Waals surface area (Å²) in [6.45, 7) is 3.16. The highest BCUT2D eigenvalue weighted by Gasteiger charge is 2.15. The number of nitrogens with zero attached hydrogens (tertiary/aromatic N) is 1. The number of benzene rings is 2. The number of nitriles is 1. The second-order valence-electron chi connectivity index (χ2n) is 6.01. The molecule has 0 atom stereocenters. The summed E-state index contributed by atoms with van der Waals surface area (Å²) in [7, 11) is 1.52. The second-order valence-corrected chi connectivity index (χ2v) is 6.42. The maximum Gasteiger partial charge on any atom is 0.349 e. The van der Waals surface area contributed by atoms with Gasteiger partial charge in [-0.15, -0.1) is 0 Å². The normalized spacial score (nSPS) is 10.8. The van der Waals surface area contributed by atoms with Crippen molar-refractivity contribution in [3.63, 3.8) is 0 Å². The summed E-state index contributed by atoms with van der Waals surface area (Å²) >= 11 is 6.14. The van der Waals surface area contributed by atoms with Crippen LogP contribution in [0.4, 0.5) is 5.69 Å². The van der Waals surface area contributed by atoms with Crippen molar-refractivity contribution in [1.29, 1.82) is 5.26 Å². The van der Waals surface area contributed by atoms with Gasteiger partial charge in [-0.25, -0.2) is 4.79 Å². The summed E-state index contributed by atoms with van der Waals surface area (Å²) in [5.74, 6) is -0.864. The fourth-order valence-corrected chi connectivity index (χ4v) is 2.86.